The highest BCUT2D eigenvalue weighted by atomic mass is 35.5. The minimum absolute atomic E-state index is 0.812. The zero-order valence-corrected chi connectivity index (χ0v) is 6.87. The highest BCUT2D eigenvalue weighted by Crippen LogP contribution is 2.21. The topological polar surface area (TPSA) is 12.0 Å². The van der Waals surface area contributed by atoms with Gasteiger partial charge in [-0.25, -0.2) is 0 Å². The summed E-state index contributed by atoms with van der Waals surface area (Å²) in [5.74, 6) is 0. The molecule has 1 aromatic rings. The number of hydrogen-bond donors (Lipinski definition) is 1. The molecule has 0 bridgehead atoms. The standard InChI is InChI=1S/C8H10ClN/c1-6-7(9)4-3-5-8(6)10-2/h3-5,10H,1-2H3. The molecule has 1 nitrogen and oxygen atoms in total. The van der Waals surface area contributed by atoms with Gasteiger partial charge >= 0.3 is 0 Å². The third-order valence-corrected chi connectivity index (χ3v) is 1.95. The Morgan fingerprint density at radius 1 is 1.40 bits per heavy atom. The number of halogens is 1. The molecule has 0 atom stereocenters. The van der Waals surface area contributed by atoms with Crippen LogP contribution in [0.5, 0.6) is 0 Å². The van der Waals surface area contributed by atoms with Gasteiger partial charge in [-0.2, -0.15) is 0 Å². The lowest BCUT2D eigenvalue weighted by Crippen LogP contribution is -1.90. The molecule has 1 aromatic carbocycles. The van der Waals surface area contributed by atoms with E-state index in [9.17, 15) is 0 Å². The second-order valence-corrected chi connectivity index (χ2v) is 2.57. The normalized spacial score (nSPS) is 9.50. The maximum absolute atomic E-state index is 5.85. The lowest BCUT2D eigenvalue weighted by atomic mass is 10.2. The molecule has 0 heterocycles. The summed E-state index contributed by atoms with van der Waals surface area (Å²) in [7, 11) is 1.89. The van der Waals surface area contributed by atoms with Crippen LogP contribution < -0.4 is 5.32 Å². The van der Waals surface area contributed by atoms with Crippen LogP contribution in [0.3, 0.4) is 0 Å². The first-order valence-electron chi connectivity index (χ1n) is 3.18. The Balaban J connectivity index is 3.14. The van der Waals surface area contributed by atoms with Gasteiger partial charge in [-0.05, 0) is 24.6 Å². The Morgan fingerprint density at radius 2 is 2.10 bits per heavy atom. The van der Waals surface area contributed by atoms with Gasteiger partial charge in [-0.3, -0.25) is 0 Å². The monoisotopic (exact) mass is 155 g/mol. The van der Waals surface area contributed by atoms with E-state index in [2.05, 4.69) is 5.32 Å². The molecule has 54 valence electrons. The van der Waals surface area contributed by atoms with Gasteiger partial charge in [0.2, 0.25) is 0 Å². The molecule has 0 aliphatic rings. The highest BCUT2D eigenvalue weighted by Gasteiger charge is 1.97. The van der Waals surface area contributed by atoms with Crippen molar-refractivity contribution in [2.75, 3.05) is 12.4 Å². The quantitative estimate of drug-likeness (QED) is 0.658. The van der Waals surface area contributed by atoms with E-state index in [0.717, 1.165) is 16.3 Å². The van der Waals surface area contributed by atoms with Crippen molar-refractivity contribution < 1.29 is 0 Å². The molecule has 0 radical (unpaired) electrons. The lowest BCUT2D eigenvalue weighted by Gasteiger charge is -2.04. The first kappa shape index (κ1) is 7.42. The molecule has 2 heteroatoms. The van der Waals surface area contributed by atoms with E-state index < -0.39 is 0 Å². The largest absolute Gasteiger partial charge is 0.388 e. The molecule has 0 fully saturated rings. The van der Waals surface area contributed by atoms with E-state index in [1.165, 1.54) is 0 Å². The zero-order chi connectivity index (χ0) is 7.56. The van der Waals surface area contributed by atoms with Gasteiger partial charge in [0.05, 0.1) is 0 Å². The molecule has 0 aromatic heterocycles. The molecule has 1 N–H and O–H groups in total. The summed E-state index contributed by atoms with van der Waals surface area (Å²) in [6.07, 6.45) is 0. The molecule has 1 rings (SSSR count). The van der Waals surface area contributed by atoms with Crippen LogP contribution in [0.25, 0.3) is 0 Å². The minimum atomic E-state index is 0.812. The van der Waals surface area contributed by atoms with Crippen molar-refractivity contribution in [1.82, 2.24) is 0 Å². The number of nitrogens with one attached hydrogen (secondary N) is 1. The van der Waals surface area contributed by atoms with Crippen LogP contribution in [0.1, 0.15) is 5.56 Å². The average molecular weight is 156 g/mol. The van der Waals surface area contributed by atoms with E-state index in [1.807, 2.05) is 32.2 Å². The Hall–Kier alpha value is -0.690. The molecule has 0 spiro atoms. The van der Waals surface area contributed by atoms with Crippen molar-refractivity contribution in [3.8, 4) is 0 Å². The second-order valence-electron chi connectivity index (χ2n) is 2.16. The third-order valence-electron chi connectivity index (χ3n) is 1.54. The molecule has 0 aliphatic carbocycles. The summed E-state index contributed by atoms with van der Waals surface area (Å²) < 4.78 is 0. The minimum Gasteiger partial charge on any atom is -0.388 e. The molecular formula is C8H10ClN. The van der Waals surface area contributed by atoms with Crippen LogP contribution in [0.4, 0.5) is 5.69 Å². The smallest absolute Gasteiger partial charge is 0.0455 e. The lowest BCUT2D eigenvalue weighted by molar-refractivity contribution is 1.41. The molecule has 0 unspecified atom stereocenters. The Kier molecular flexibility index (Phi) is 2.17. The number of rotatable bonds is 1. The van der Waals surface area contributed by atoms with Gasteiger partial charge in [0.15, 0.2) is 0 Å². The van der Waals surface area contributed by atoms with Crippen LogP contribution in [-0.4, -0.2) is 7.05 Å². The van der Waals surface area contributed by atoms with Crippen molar-refractivity contribution in [2.45, 2.75) is 6.92 Å². The summed E-state index contributed by atoms with van der Waals surface area (Å²) in [6.45, 7) is 1.99. The Morgan fingerprint density at radius 3 is 2.60 bits per heavy atom. The van der Waals surface area contributed by atoms with Gasteiger partial charge < -0.3 is 5.32 Å². The van der Waals surface area contributed by atoms with Gasteiger partial charge in [-0.15, -0.1) is 0 Å². The predicted octanol–water partition coefficient (Wildman–Crippen LogP) is 2.69. The average Bonchev–Trinajstić information content (AvgIpc) is 1.95. The molecule has 0 saturated carbocycles. The van der Waals surface area contributed by atoms with Gasteiger partial charge in [0.1, 0.15) is 0 Å². The fourth-order valence-electron chi connectivity index (χ4n) is 0.878. The molecule has 0 amide bonds. The summed E-state index contributed by atoms with van der Waals surface area (Å²) in [5.41, 5.74) is 2.19. The van der Waals surface area contributed by atoms with E-state index in [1.54, 1.807) is 0 Å². The zero-order valence-electron chi connectivity index (χ0n) is 6.11. The first-order chi connectivity index (χ1) is 4.75. The highest BCUT2D eigenvalue weighted by molar-refractivity contribution is 6.31. The maximum atomic E-state index is 5.85. The summed E-state index contributed by atoms with van der Waals surface area (Å²) >= 11 is 5.85. The van der Waals surface area contributed by atoms with Gasteiger partial charge in [0, 0.05) is 17.8 Å². The maximum Gasteiger partial charge on any atom is 0.0455 e. The fourth-order valence-corrected chi connectivity index (χ4v) is 1.05. The Bertz CT molecular complexity index is 233. The first-order valence-corrected chi connectivity index (χ1v) is 3.56. The van der Waals surface area contributed by atoms with Crippen LogP contribution in [-0.2, 0) is 0 Å². The van der Waals surface area contributed by atoms with Crippen molar-refractivity contribution in [2.24, 2.45) is 0 Å². The number of anilines is 1. The summed E-state index contributed by atoms with van der Waals surface area (Å²) in [5, 5.41) is 3.86. The van der Waals surface area contributed by atoms with Crippen LogP contribution in [0, 0.1) is 6.92 Å². The van der Waals surface area contributed by atoms with E-state index >= 15 is 0 Å². The van der Waals surface area contributed by atoms with Crippen molar-refractivity contribution in [3.63, 3.8) is 0 Å². The summed E-state index contributed by atoms with van der Waals surface area (Å²) in [4.78, 5) is 0. The van der Waals surface area contributed by atoms with Crippen LogP contribution in [0.15, 0.2) is 18.2 Å². The van der Waals surface area contributed by atoms with Crippen LogP contribution in [0.2, 0.25) is 5.02 Å². The van der Waals surface area contributed by atoms with Gasteiger partial charge in [-0.1, -0.05) is 17.7 Å². The van der Waals surface area contributed by atoms with Crippen molar-refractivity contribution in [3.05, 3.63) is 28.8 Å². The van der Waals surface area contributed by atoms with E-state index in [4.69, 9.17) is 11.6 Å². The Labute approximate surface area is 66.0 Å². The third kappa shape index (κ3) is 1.24. The molecule has 10 heavy (non-hydrogen) atoms. The predicted molar refractivity (Wildman–Crippen MR) is 45.7 cm³/mol. The van der Waals surface area contributed by atoms with E-state index in [-0.39, 0.29) is 0 Å². The second kappa shape index (κ2) is 2.93. The fraction of sp³-hybridized carbons (Fsp3) is 0.250. The SMILES string of the molecule is CNc1cccc(Cl)c1C. The molecular weight excluding hydrogens is 146 g/mol. The molecule has 0 saturated heterocycles. The van der Waals surface area contributed by atoms with Crippen LogP contribution >= 0.6 is 11.6 Å². The van der Waals surface area contributed by atoms with Crippen molar-refractivity contribution >= 4 is 17.3 Å². The summed E-state index contributed by atoms with van der Waals surface area (Å²) in [6, 6.07) is 5.82. The van der Waals surface area contributed by atoms with E-state index in [0.29, 0.717) is 0 Å². The van der Waals surface area contributed by atoms with Gasteiger partial charge in [0.25, 0.3) is 0 Å². The number of benzene rings is 1. The molecule has 0 aliphatic heterocycles. The van der Waals surface area contributed by atoms with Crippen molar-refractivity contribution in [1.29, 1.82) is 0 Å². The number of hydrogen-bond acceptors (Lipinski definition) is 1.